The molecule has 138 valence electrons. The van der Waals surface area contributed by atoms with Gasteiger partial charge in [0.25, 0.3) is 0 Å². The molecule has 27 heavy (non-hydrogen) atoms. The van der Waals surface area contributed by atoms with Gasteiger partial charge in [-0.15, -0.1) is 5.10 Å². The number of hydrogen-bond donors (Lipinski definition) is 1. The second-order valence-corrected chi connectivity index (χ2v) is 7.70. The number of rotatable bonds is 4. The lowest BCUT2D eigenvalue weighted by Gasteiger charge is -2.14. The Balaban J connectivity index is 1.67. The molecule has 2 aromatic rings. The Bertz CT molecular complexity index is 933. The molecular weight excluding hydrogens is 435 g/mol. The van der Waals surface area contributed by atoms with Gasteiger partial charge in [-0.1, -0.05) is 45.9 Å². The molecule has 9 heteroatoms. The maximum Gasteiger partial charge on any atom is 0.247 e. The topological polar surface area (TPSA) is 88.1 Å². The van der Waals surface area contributed by atoms with E-state index in [1.165, 1.54) is 12.3 Å². The molecule has 1 fully saturated rings. The number of amidine groups is 1. The van der Waals surface area contributed by atoms with E-state index >= 15 is 0 Å². The first-order valence-corrected chi connectivity index (χ1v) is 9.53. The highest BCUT2D eigenvalue weighted by Gasteiger charge is 2.40. The summed E-state index contributed by atoms with van der Waals surface area (Å²) in [5, 5.41) is 6.85. The van der Waals surface area contributed by atoms with Gasteiger partial charge in [-0.25, -0.2) is 9.29 Å². The van der Waals surface area contributed by atoms with Crippen molar-refractivity contribution < 1.29 is 14.0 Å². The van der Waals surface area contributed by atoms with E-state index in [0.717, 1.165) is 21.1 Å². The van der Waals surface area contributed by atoms with Gasteiger partial charge in [0.2, 0.25) is 11.8 Å². The summed E-state index contributed by atoms with van der Waals surface area (Å²) in [6.45, 7) is 0. The van der Waals surface area contributed by atoms with Crippen LogP contribution in [0, 0.1) is 5.82 Å². The molecule has 1 heterocycles. The van der Waals surface area contributed by atoms with Crippen LogP contribution in [-0.4, -0.2) is 28.4 Å². The van der Waals surface area contributed by atoms with Gasteiger partial charge >= 0.3 is 0 Å². The first kappa shape index (κ1) is 19.2. The fraction of sp³-hybridized carbons (Fsp3) is 0.111. The van der Waals surface area contributed by atoms with Crippen LogP contribution < -0.4 is 10.6 Å². The average molecular weight is 449 g/mol. The van der Waals surface area contributed by atoms with Crippen LogP contribution in [0.4, 0.5) is 10.1 Å². The molecule has 0 bridgehead atoms. The van der Waals surface area contributed by atoms with Crippen molar-refractivity contribution >= 4 is 56.6 Å². The maximum atomic E-state index is 13.5. The second kappa shape index (κ2) is 8.45. The zero-order valence-electron chi connectivity index (χ0n) is 13.9. The second-order valence-electron chi connectivity index (χ2n) is 5.56. The Hall–Kier alpha value is -2.52. The molecule has 0 radical (unpaired) electrons. The summed E-state index contributed by atoms with van der Waals surface area (Å²) in [6, 6.07) is 13.0. The van der Waals surface area contributed by atoms with E-state index in [2.05, 4.69) is 26.1 Å². The number of benzene rings is 2. The molecular formula is C18H14BrFN4O2S. The summed E-state index contributed by atoms with van der Waals surface area (Å²) < 4.78 is 14.3. The molecule has 1 aliphatic heterocycles. The molecule has 2 aromatic carbocycles. The highest BCUT2D eigenvalue weighted by Crippen LogP contribution is 2.30. The smallest absolute Gasteiger partial charge is 0.247 e. The van der Waals surface area contributed by atoms with Crippen LogP contribution in [0.2, 0.25) is 0 Å². The van der Waals surface area contributed by atoms with Crippen molar-refractivity contribution in [1.82, 2.24) is 0 Å². The summed E-state index contributed by atoms with van der Waals surface area (Å²) in [6.07, 6.45) is 1.26. The van der Waals surface area contributed by atoms with Crippen LogP contribution in [0.3, 0.4) is 0 Å². The molecule has 2 N–H and O–H groups in total. The zero-order chi connectivity index (χ0) is 19.4. The number of amides is 2. The molecule has 0 aromatic heterocycles. The maximum absolute atomic E-state index is 13.5. The molecule has 3 rings (SSSR count). The van der Waals surface area contributed by atoms with Crippen LogP contribution in [0.25, 0.3) is 0 Å². The number of hydrogen-bond acceptors (Lipinski definition) is 5. The summed E-state index contributed by atoms with van der Waals surface area (Å²) in [7, 11) is 0. The SMILES string of the molecule is NC(=N/N=C\c1ccccc1F)S[C@@H]1CC(=O)N(c2ccc(Br)cc2)C1=O. The van der Waals surface area contributed by atoms with E-state index in [-0.39, 0.29) is 29.0 Å². The standard InChI is InChI=1S/C18H14BrFN4O2S/c19-12-5-7-13(8-6-12)24-16(25)9-15(17(24)26)27-18(21)23-22-10-11-3-1-2-4-14(11)20/h1-8,10,15H,9H2,(H2,21,23)/b22-10-/t15-/m1/s1. The van der Waals surface area contributed by atoms with Gasteiger partial charge in [0.15, 0.2) is 5.17 Å². The van der Waals surface area contributed by atoms with Crippen molar-refractivity contribution in [3.8, 4) is 0 Å². The number of carbonyl (C=O) groups is 2. The Morgan fingerprint density at radius 2 is 1.93 bits per heavy atom. The van der Waals surface area contributed by atoms with Crippen LogP contribution >= 0.6 is 27.7 Å². The van der Waals surface area contributed by atoms with E-state index < -0.39 is 11.1 Å². The minimum atomic E-state index is -0.673. The Labute approximate surface area is 167 Å². The Kier molecular flexibility index (Phi) is 6.02. The van der Waals surface area contributed by atoms with Crippen molar-refractivity contribution in [2.75, 3.05) is 4.90 Å². The number of thioether (sulfide) groups is 1. The number of halogens is 2. The van der Waals surface area contributed by atoms with Gasteiger partial charge in [-0.05, 0) is 30.3 Å². The number of imide groups is 1. The van der Waals surface area contributed by atoms with Gasteiger partial charge in [0, 0.05) is 16.5 Å². The lowest BCUT2D eigenvalue weighted by molar-refractivity contribution is -0.121. The predicted molar refractivity (Wildman–Crippen MR) is 108 cm³/mol. The van der Waals surface area contributed by atoms with Crippen LogP contribution in [0.1, 0.15) is 12.0 Å². The van der Waals surface area contributed by atoms with E-state index in [4.69, 9.17) is 5.73 Å². The van der Waals surface area contributed by atoms with Crippen molar-refractivity contribution in [3.05, 3.63) is 64.4 Å². The highest BCUT2D eigenvalue weighted by molar-refractivity contribution is 9.10. The molecule has 0 saturated carbocycles. The Morgan fingerprint density at radius 3 is 2.63 bits per heavy atom. The molecule has 1 saturated heterocycles. The number of anilines is 1. The van der Waals surface area contributed by atoms with E-state index in [0.29, 0.717) is 5.69 Å². The molecule has 0 spiro atoms. The summed E-state index contributed by atoms with van der Waals surface area (Å²) >= 11 is 4.27. The number of nitrogens with zero attached hydrogens (tertiary/aromatic N) is 3. The third-order valence-electron chi connectivity index (χ3n) is 3.71. The molecule has 6 nitrogen and oxygen atoms in total. The lowest BCUT2D eigenvalue weighted by atomic mass is 10.2. The van der Waals surface area contributed by atoms with E-state index in [9.17, 15) is 14.0 Å². The van der Waals surface area contributed by atoms with Crippen molar-refractivity contribution in [3.63, 3.8) is 0 Å². The van der Waals surface area contributed by atoms with Crippen molar-refractivity contribution in [1.29, 1.82) is 0 Å². The van der Waals surface area contributed by atoms with Gasteiger partial charge in [0.1, 0.15) is 11.1 Å². The monoisotopic (exact) mass is 448 g/mol. The average Bonchev–Trinajstić information content (AvgIpc) is 2.91. The Morgan fingerprint density at radius 1 is 1.22 bits per heavy atom. The molecule has 0 aliphatic carbocycles. The fourth-order valence-corrected chi connectivity index (χ4v) is 3.54. The van der Waals surface area contributed by atoms with Gasteiger partial charge in [-0.2, -0.15) is 5.10 Å². The van der Waals surface area contributed by atoms with E-state index in [1.807, 2.05) is 0 Å². The number of nitrogens with two attached hydrogens (primary N) is 1. The lowest BCUT2D eigenvalue weighted by Crippen LogP contribution is -2.31. The molecule has 0 unspecified atom stereocenters. The third-order valence-corrected chi connectivity index (χ3v) is 5.22. The molecule has 1 aliphatic rings. The first-order chi connectivity index (χ1) is 13.0. The third kappa shape index (κ3) is 4.61. The molecule has 2 amide bonds. The summed E-state index contributed by atoms with van der Waals surface area (Å²) in [5.41, 5.74) is 6.56. The first-order valence-electron chi connectivity index (χ1n) is 7.86. The fourth-order valence-electron chi connectivity index (χ4n) is 2.45. The minimum Gasteiger partial charge on any atom is -0.377 e. The van der Waals surface area contributed by atoms with Crippen molar-refractivity contribution in [2.45, 2.75) is 11.7 Å². The van der Waals surface area contributed by atoms with Gasteiger partial charge < -0.3 is 5.73 Å². The van der Waals surface area contributed by atoms with Crippen molar-refractivity contribution in [2.24, 2.45) is 15.9 Å². The molecule has 1 atom stereocenters. The number of carbonyl (C=O) groups excluding carboxylic acids is 2. The predicted octanol–water partition coefficient (Wildman–Crippen LogP) is 3.30. The quantitative estimate of drug-likeness (QED) is 0.336. The summed E-state index contributed by atoms with van der Waals surface area (Å²) in [4.78, 5) is 25.9. The zero-order valence-corrected chi connectivity index (χ0v) is 16.3. The van der Waals surface area contributed by atoms with Gasteiger partial charge in [-0.3, -0.25) is 9.59 Å². The largest absolute Gasteiger partial charge is 0.377 e. The van der Waals surface area contributed by atoms with E-state index in [1.54, 1.807) is 42.5 Å². The summed E-state index contributed by atoms with van der Waals surface area (Å²) in [5.74, 6) is -1.09. The normalized spacial score (nSPS) is 17.9. The van der Waals surface area contributed by atoms with Crippen LogP contribution in [0.5, 0.6) is 0 Å². The van der Waals surface area contributed by atoms with Crippen LogP contribution in [0.15, 0.2) is 63.2 Å². The van der Waals surface area contributed by atoms with Crippen LogP contribution in [-0.2, 0) is 9.59 Å². The minimum absolute atomic E-state index is 0.0198. The highest BCUT2D eigenvalue weighted by atomic mass is 79.9. The van der Waals surface area contributed by atoms with Gasteiger partial charge in [0.05, 0.1) is 11.9 Å².